The molecule has 0 radical (unpaired) electrons. The van der Waals surface area contributed by atoms with Gasteiger partial charge in [-0.25, -0.2) is 0 Å². The first-order valence-electron chi connectivity index (χ1n) is 8.59. The van der Waals surface area contributed by atoms with Crippen molar-refractivity contribution in [3.05, 3.63) is 54.1 Å². The van der Waals surface area contributed by atoms with Gasteiger partial charge >= 0.3 is 32.3 Å². The molecule has 0 aliphatic rings. The van der Waals surface area contributed by atoms with Crippen molar-refractivity contribution in [2.75, 3.05) is 0 Å². The standard InChI is InChI=1S/C20H26O.2CH3.Hf/c1-19(2,3)14-20(4,5)17-13-9-12-16(18(17)21)15-10-7-6-8-11-15;;;/h6-13,21H,14H2,1-5H3;2*1H3;. The van der Waals surface area contributed by atoms with Crippen LogP contribution in [-0.4, -0.2) is 5.11 Å². The predicted molar refractivity (Wildman–Crippen MR) is 102 cm³/mol. The van der Waals surface area contributed by atoms with Crippen molar-refractivity contribution in [1.29, 1.82) is 0 Å². The Labute approximate surface area is 159 Å². The molecule has 0 heterocycles. The third kappa shape index (κ3) is 6.20. The maximum atomic E-state index is 10.8. The average Bonchev–Trinajstić information content (AvgIpc) is 2.46. The molecule has 0 saturated heterocycles. The van der Waals surface area contributed by atoms with Gasteiger partial charge in [0.1, 0.15) is 5.75 Å². The Hall–Kier alpha value is -0.890. The SMILES string of the molecule is CC(C)(C)CC(C)(C)c1cccc(-c2ccccc2)c1O.[CH3][Hf][CH3]. The molecular formula is C22H32HfO. The van der Waals surface area contributed by atoms with Gasteiger partial charge in [0.15, 0.2) is 0 Å². The molecule has 0 aromatic heterocycles. The van der Waals surface area contributed by atoms with Crippen LogP contribution in [0.5, 0.6) is 5.75 Å². The summed E-state index contributed by atoms with van der Waals surface area (Å²) in [6.07, 6.45) is 1.02. The van der Waals surface area contributed by atoms with Gasteiger partial charge < -0.3 is 5.11 Å². The quantitative estimate of drug-likeness (QED) is 0.462. The first kappa shape index (κ1) is 21.2. The molecule has 1 nitrogen and oxygen atoms in total. The second-order valence-corrected chi connectivity index (χ2v) is 11.8. The van der Waals surface area contributed by atoms with E-state index in [0.29, 0.717) is 5.75 Å². The van der Waals surface area contributed by atoms with Gasteiger partial charge in [0.05, 0.1) is 0 Å². The van der Waals surface area contributed by atoms with E-state index in [1.165, 1.54) is 0 Å². The van der Waals surface area contributed by atoms with E-state index < -0.39 is 0 Å². The summed E-state index contributed by atoms with van der Waals surface area (Å²) >= 11 is 0.0833. The zero-order valence-electron chi connectivity index (χ0n) is 16.3. The number of phenolic OH excluding ortho intramolecular Hbond substituents is 1. The molecule has 2 rings (SSSR count). The van der Waals surface area contributed by atoms with Crippen molar-refractivity contribution in [1.82, 2.24) is 0 Å². The predicted octanol–water partition coefficient (Wildman–Crippen LogP) is 6.94. The van der Waals surface area contributed by atoms with Crippen LogP contribution in [0.25, 0.3) is 11.1 Å². The van der Waals surface area contributed by atoms with Crippen LogP contribution in [0.3, 0.4) is 0 Å². The van der Waals surface area contributed by atoms with Crippen molar-refractivity contribution in [3.8, 4) is 16.9 Å². The van der Waals surface area contributed by atoms with Gasteiger partial charge in [-0.05, 0) is 22.8 Å². The van der Waals surface area contributed by atoms with Gasteiger partial charge in [0.2, 0.25) is 0 Å². The summed E-state index contributed by atoms with van der Waals surface area (Å²) in [5, 5.41) is 10.8. The molecule has 0 bridgehead atoms. The summed E-state index contributed by atoms with van der Waals surface area (Å²) in [6, 6.07) is 16.2. The van der Waals surface area contributed by atoms with E-state index in [2.05, 4.69) is 44.0 Å². The summed E-state index contributed by atoms with van der Waals surface area (Å²) in [5.41, 5.74) is 3.16. The van der Waals surface area contributed by atoms with Gasteiger partial charge in [0.25, 0.3) is 0 Å². The van der Waals surface area contributed by atoms with E-state index in [4.69, 9.17) is 0 Å². The number of aromatic hydroxyl groups is 1. The molecule has 2 aromatic carbocycles. The molecule has 0 spiro atoms. The number of para-hydroxylation sites is 1. The molecule has 130 valence electrons. The van der Waals surface area contributed by atoms with Gasteiger partial charge in [-0.3, -0.25) is 0 Å². The zero-order chi connectivity index (χ0) is 18.4. The summed E-state index contributed by atoms with van der Waals surface area (Å²) in [5.74, 6) is 0.415. The molecule has 0 saturated carbocycles. The zero-order valence-corrected chi connectivity index (χ0v) is 19.9. The molecule has 0 atom stereocenters. The van der Waals surface area contributed by atoms with Crippen molar-refractivity contribution >= 4 is 0 Å². The summed E-state index contributed by atoms with van der Waals surface area (Å²) in [7, 11) is 0. The monoisotopic (exact) mass is 492 g/mol. The Bertz CT molecular complexity index is 624. The molecule has 0 aliphatic heterocycles. The van der Waals surface area contributed by atoms with Gasteiger partial charge in [-0.15, -0.1) is 0 Å². The number of rotatable bonds is 3. The van der Waals surface area contributed by atoms with Gasteiger partial charge in [0, 0.05) is 11.1 Å². The maximum absolute atomic E-state index is 10.8. The van der Waals surface area contributed by atoms with Crippen LogP contribution < -0.4 is 0 Å². The molecule has 0 aliphatic carbocycles. The Morgan fingerprint density at radius 2 is 1.38 bits per heavy atom. The Morgan fingerprint density at radius 1 is 0.833 bits per heavy atom. The molecule has 2 heteroatoms. The van der Waals surface area contributed by atoms with Crippen LogP contribution in [0, 0.1) is 5.41 Å². The van der Waals surface area contributed by atoms with E-state index in [-0.39, 0.29) is 33.7 Å². The second-order valence-electron chi connectivity index (χ2n) is 8.19. The fourth-order valence-corrected chi connectivity index (χ4v) is 3.36. The summed E-state index contributed by atoms with van der Waals surface area (Å²) in [4.78, 5) is 0. The van der Waals surface area contributed by atoms with E-state index in [9.17, 15) is 5.11 Å². The van der Waals surface area contributed by atoms with Crippen molar-refractivity contribution < 1.29 is 28.0 Å². The summed E-state index contributed by atoms with van der Waals surface area (Å²) in [6.45, 7) is 11.1. The topological polar surface area (TPSA) is 20.2 Å². The van der Waals surface area contributed by atoms with Crippen LogP contribution in [0.2, 0.25) is 9.36 Å². The first-order valence-corrected chi connectivity index (χ1v) is 15.8. The second kappa shape index (κ2) is 8.99. The minimum absolute atomic E-state index is 0.0624. The average molecular weight is 491 g/mol. The van der Waals surface area contributed by atoms with Crippen molar-refractivity contribution in [2.24, 2.45) is 5.41 Å². The van der Waals surface area contributed by atoms with Crippen molar-refractivity contribution in [3.63, 3.8) is 0 Å². The van der Waals surface area contributed by atoms with E-state index >= 15 is 0 Å². The molecular weight excluding hydrogens is 459 g/mol. The Morgan fingerprint density at radius 3 is 1.88 bits per heavy atom. The molecule has 24 heavy (non-hydrogen) atoms. The molecule has 0 amide bonds. The van der Waals surface area contributed by atoms with Crippen LogP contribution in [-0.2, 0) is 28.3 Å². The number of benzene rings is 2. The number of phenols is 1. The first-order chi connectivity index (χ1) is 11.1. The molecule has 0 fully saturated rings. The van der Waals surface area contributed by atoms with Crippen molar-refractivity contribution in [2.45, 2.75) is 55.8 Å². The van der Waals surface area contributed by atoms with E-state index in [0.717, 1.165) is 23.1 Å². The Balaban J connectivity index is 0.000000891. The summed E-state index contributed by atoms with van der Waals surface area (Å²) < 4.78 is 4.64. The molecule has 1 N–H and O–H groups in total. The van der Waals surface area contributed by atoms with Crippen LogP contribution >= 0.6 is 0 Å². The third-order valence-electron chi connectivity index (χ3n) is 3.82. The minimum atomic E-state index is -0.0624. The molecule has 2 aromatic rings. The van der Waals surface area contributed by atoms with Gasteiger partial charge in [-0.2, -0.15) is 0 Å². The fraction of sp³-hybridized carbons (Fsp3) is 0.455. The van der Waals surface area contributed by atoms with E-state index in [1.54, 1.807) is 0 Å². The van der Waals surface area contributed by atoms with Crippen LogP contribution in [0.4, 0.5) is 0 Å². The van der Waals surface area contributed by atoms with Gasteiger partial charge in [-0.1, -0.05) is 83.1 Å². The fourth-order valence-electron chi connectivity index (χ4n) is 3.36. The van der Waals surface area contributed by atoms with E-state index in [1.807, 2.05) is 48.5 Å². The normalized spacial score (nSPS) is 11.5. The number of hydrogen-bond acceptors (Lipinski definition) is 1. The number of hydrogen-bond donors (Lipinski definition) is 1. The Kier molecular flexibility index (Phi) is 7.92. The van der Waals surface area contributed by atoms with Crippen LogP contribution in [0.1, 0.15) is 46.6 Å². The van der Waals surface area contributed by atoms with Crippen LogP contribution in [0.15, 0.2) is 48.5 Å². The molecule has 0 unspecified atom stereocenters. The third-order valence-corrected chi connectivity index (χ3v) is 3.82.